The molecule has 0 aliphatic carbocycles. The lowest BCUT2D eigenvalue weighted by atomic mass is 10.1. The van der Waals surface area contributed by atoms with Crippen LogP contribution in [0.2, 0.25) is 0 Å². The van der Waals surface area contributed by atoms with Crippen molar-refractivity contribution in [3.63, 3.8) is 0 Å². The highest BCUT2D eigenvalue weighted by Crippen LogP contribution is 2.23. The number of nitrogens with zero attached hydrogens (tertiary/aromatic N) is 1. The topological polar surface area (TPSA) is 90.0 Å². The van der Waals surface area contributed by atoms with E-state index >= 15 is 0 Å². The second-order valence-electron chi connectivity index (χ2n) is 5.92. The second kappa shape index (κ2) is 8.44. The van der Waals surface area contributed by atoms with Crippen molar-refractivity contribution in [1.29, 1.82) is 0 Å². The number of morpholine rings is 1. The maximum Gasteiger partial charge on any atom is 0.223 e. The van der Waals surface area contributed by atoms with Crippen LogP contribution < -0.4 is 4.74 Å². The average molecular weight is 369 g/mol. The summed E-state index contributed by atoms with van der Waals surface area (Å²) in [6.07, 6.45) is -0.0585. The van der Waals surface area contributed by atoms with Crippen LogP contribution in [0.5, 0.6) is 5.75 Å². The molecule has 0 saturated carbocycles. The van der Waals surface area contributed by atoms with Gasteiger partial charge in [0.15, 0.2) is 15.6 Å². The van der Waals surface area contributed by atoms with Gasteiger partial charge in [0.2, 0.25) is 5.91 Å². The summed E-state index contributed by atoms with van der Waals surface area (Å²) in [5.74, 6) is -0.433. The molecule has 0 unspecified atom stereocenters. The number of rotatable bonds is 7. The molecule has 1 aromatic carbocycles. The quantitative estimate of drug-likeness (QED) is 0.668. The number of benzene rings is 1. The Morgan fingerprint density at radius 3 is 2.52 bits per heavy atom. The van der Waals surface area contributed by atoms with Gasteiger partial charge < -0.3 is 14.4 Å². The summed E-state index contributed by atoms with van der Waals surface area (Å²) in [6, 6.07) is 4.71. The molecule has 1 aliphatic heterocycles. The predicted molar refractivity (Wildman–Crippen MR) is 92.5 cm³/mol. The average Bonchev–Trinajstić information content (AvgIpc) is 2.60. The molecule has 1 fully saturated rings. The van der Waals surface area contributed by atoms with Gasteiger partial charge in [-0.1, -0.05) is 0 Å². The van der Waals surface area contributed by atoms with E-state index in [-0.39, 0.29) is 29.6 Å². The fourth-order valence-electron chi connectivity index (χ4n) is 2.63. The van der Waals surface area contributed by atoms with Crippen molar-refractivity contribution in [3.05, 3.63) is 29.3 Å². The van der Waals surface area contributed by atoms with Gasteiger partial charge in [-0.15, -0.1) is 0 Å². The molecule has 7 nitrogen and oxygen atoms in total. The van der Waals surface area contributed by atoms with Gasteiger partial charge in [0.1, 0.15) is 5.75 Å². The Balaban J connectivity index is 2.03. The normalized spacial score (nSPS) is 15.0. The Bertz CT molecular complexity index is 738. The lowest BCUT2D eigenvalue weighted by Crippen LogP contribution is -2.41. The van der Waals surface area contributed by atoms with Gasteiger partial charge in [0.25, 0.3) is 0 Å². The Hall–Kier alpha value is -1.93. The highest BCUT2D eigenvalue weighted by molar-refractivity contribution is 7.90. The van der Waals surface area contributed by atoms with Gasteiger partial charge >= 0.3 is 0 Å². The fraction of sp³-hybridized carbons (Fsp3) is 0.529. The number of methoxy groups -OCH3 is 1. The molecule has 0 spiro atoms. The number of sulfone groups is 1. The lowest BCUT2D eigenvalue weighted by molar-refractivity contribution is -0.134. The van der Waals surface area contributed by atoms with Crippen molar-refractivity contribution in [2.24, 2.45) is 0 Å². The summed E-state index contributed by atoms with van der Waals surface area (Å²) in [7, 11) is -2.07. The second-order valence-corrected chi connectivity index (χ2v) is 8.10. The van der Waals surface area contributed by atoms with Gasteiger partial charge in [-0.3, -0.25) is 9.59 Å². The number of Topliss-reactive ketones (excluding diaryl/α,β-unsaturated/α-hetero) is 1. The van der Waals surface area contributed by atoms with E-state index in [2.05, 4.69) is 0 Å². The maximum atomic E-state index is 12.4. The van der Waals surface area contributed by atoms with E-state index in [0.717, 1.165) is 0 Å². The maximum absolute atomic E-state index is 12.4. The van der Waals surface area contributed by atoms with E-state index in [0.29, 0.717) is 43.2 Å². The molecule has 1 saturated heterocycles. The van der Waals surface area contributed by atoms with Crippen LogP contribution in [0.4, 0.5) is 0 Å². The van der Waals surface area contributed by atoms with Crippen molar-refractivity contribution in [2.75, 3.05) is 39.2 Å². The number of ketones is 1. The molecule has 1 aromatic rings. The van der Waals surface area contributed by atoms with Crippen LogP contribution in [-0.4, -0.2) is 64.2 Å². The molecular weight excluding hydrogens is 346 g/mol. The number of ether oxygens (including phenoxy) is 2. The molecule has 0 N–H and O–H groups in total. The van der Waals surface area contributed by atoms with Gasteiger partial charge in [0, 0.05) is 30.6 Å². The van der Waals surface area contributed by atoms with E-state index in [1.54, 1.807) is 17.0 Å². The van der Waals surface area contributed by atoms with Crippen LogP contribution in [0.3, 0.4) is 0 Å². The molecule has 138 valence electrons. The molecule has 8 heteroatoms. The summed E-state index contributed by atoms with van der Waals surface area (Å²) in [5.41, 5.74) is 0.851. The van der Waals surface area contributed by atoms with E-state index in [4.69, 9.17) is 9.47 Å². The van der Waals surface area contributed by atoms with Crippen molar-refractivity contribution >= 4 is 21.5 Å². The molecule has 0 atom stereocenters. The summed E-state index contributed by atoms with van der Waals surface area (Å²) in [6.45, 7) is 3.36. The molecule has 2 rings (SSSR count). The molecule has 0 radical (unpaired) electrons. The third kappa shape index (κ3) is 5.54. The first-order valence-electron chi connectivity index (χ1n) is 8.06. The predicted octanol–water partition coefficient (Wildman–Crippen LogP) is 1.06. The highest BCUT2D eigenvalue weighted by Gasteiger charge is 2.21. The number of amides is 1. The van der Waals surface area contributed by atoms with E-state index in [9.17, 15) is 18.0 Å². The van der Waals surface area contributed by atoms with Crippen molar-refractivity contribution in [3.8, 4) is 5.75 Å². The van der Waals surface area contributed by atoms with E-state index in [1.165, 1.54) is 20.1 Å². The molecule has 1 amide bonds. The van der Waals surface area contributed by atoms with Crippen LogP contribution in [0.1, 0.15) is 29.3 Å². The lowest BCUT2D eigenvalue weighted by Gasteiger charge is -2.26. The monoisotopic (exact) mass is 369 g/mol. The molecule has 1 aliphatic rings. The highest BCUT2D eigenvalue weighted by atomic mass is 32.2. The summed E-state index contributed by atoms with van der Waals surface area (Å²) < 4.78 is 35.2. The standard InChI is InChI=1S/C17H23NO6S/c1-13(19)14-3-4-16(23-2)15(11-14)12-25(21,22)10-5-17(20)18-6-8-24-9-7-18/h3-4,11H,5-10,12H2,1-2H3. The first-order chi connectivity index (χ1) is 11.8. The van der Waals surface area contributed by atoms with Crippen LogP contribution in [0, 0.1) is 0 Å². The summed E-state index contributed by atoms with van der Waals surface area (Å²) in [4.78, 5) is 25.2. The Morgan fingerprint density at radius 1 is 1.24 bits per heavy atom. The molecule has 1 heterocycles. The van der Waals surface area contributed by atoms with Crippen molar-refractivity contribution in [2.45, 2.75) is 19.1 Å². The zero-order valence-electron chi connectivity index (χ0n) is 14.5. The van der Waals surface area contributed by atoms with Gasteiger partial charge in [-0.2, -0.15) is 0 Å². The minimum atomic E-state index is -3.51. The van der Waals surface area contributed by atoms with Crippen LogP contribution in [-0.2, 0) is 25.1 Å². The first kappa shape index (κ1) is 19.4. The Morgan fingerprint density at radius 2 is 1.92 bits per heavy atom. The third-order valence-electron chi connectivity index (χ3n) is 4.05. The van der Waals surface area contributed by atoms with Gasteiger partial charge in [0.05, 0.1) is 31.8 Å². The largest absolute Gasteiger partial charge is 0.496 e. The smallest absolute Gasteiger partial charge is 0.223 e. The van der Waals surface area contributed by atoms with Crippen LogP contribution in [0.25, 0.3) is 0 Å². The zero-order valence-corrected chi connectivity index (χ0v) is 15.3. The van der Waals surface area contributed by atoms with Crippen LogP contribution in [0.15, 0.2) is 18.2 Å². The summed E-state index contributed by atoms with van der Waals surface area (Å²) in [5, 5.41) is 0. The van der Waals surface area contributed by atoms with E-state index < -0.39 is 9.84 Å². The number of hydrogen-bond acceptors (Lipinski definition) is 6. The SMILES string of the molecule is COc1ccc(C(C)=O)cc1CS(=O)(=O)CCC(=O)N1CCOCC1. The number of carbonyl (C=O) groups excluding carboxylic acids is 2. The number of carbonyl (C=O) groups is 2. The summed E-state index contributed by atoms with van der Waals surface area (Å²) >= 11 is 0. The molecular formula is C17H23NO6S. The van der Waals surface area contributed by atoms with E-state index in [1.807, 2.05) is 0 Å². The third-order valence-corrected chi connectivity index (χ3v) is 5.63. The van der Waals surface area contributed by atoms with Gasteiger partial charge in [-0.25, -0.2) is 8.42 Å². The molecule has 25 heavy (non-hydrogen) atoms. The first-order valence-corrected chi connectivity index (χ1v) is 9.88. The minimum absolute atomic E-state index is 0.0585. The zero-order chi connectivity index (χ0) is 18.4. The number of hydrogen-bond donors (Lipinski definition) is 0. The Kier molecular flexibility index (Phi) is 6.55. The minimum Gasteiger partial charge on any atom is -0.496 e. The molecule has 0 aromatic heterocycles. The van der Waals surface area contributed by atoms with Crippen molar-refractivity contribution < 1.29 is 27.5 Å². The van der Waals surface area contributed by atoms with Gasteiger partial charge in [-0.05, 0) is 25.1 Å². The van der Waals surface area contributed by atoms with Crippen molar-refractivity contribution in [1.82, 2.24) is 4.90 Å². The fourth-order valence-corrected chi connectivity index (χ4v) is 3.96. The molecule has 0 bridgehead atoms. The Labute approximate surface area is 147 Å². The van der Waals surface area contributed by atoms with Crippen LogP contribution >= 0.6 is 0 Å².